The minimum absolute atomic E-state index is 0.226. The van der Waals surface area contributed by atoms with Crippen molar-refractivity contribution in [3.8, 4) is 0 Å². The molecular formula is C13H11N5OS. The Morgan fingerprint density at radius 2 is 2.15 bits per heavy atom. The van der Waals surface area contributed by atoms with Gasteiger partial charge in [0.15, 0.2) is 0 Å². The van der Waals surface area contributed by atoms with E-state index in [0.29, 0.717) is 22.8 Å². The summed E-state index contributed by atoms with van der Waals surface area (Å²) in [4.78, 5) is 17.6. The molecule has 3 heterocycles. The third kappa shape index (κ3) is 2.30. The lowest BCUT2D eigenvalue weighted by Gasteiger charge is -2.03. The highest BCUT2D eigenvalue weighted by Gasteiger charge is 2.16. The highest BCUT2D eigenvalue weighted by atomic mass is 32.1. The van der Waals surface area contributed by atoms with Crippen LogP contribution in [0.15, 0.2) is 36.7 Å². The van der Waals surface area contributed by atoms with E-state index in [9.17, 15) is 4.79 Å². The molecule has 0 saturated heterocycles. The number of carbonyl (C=O) groups is 1. The van der Waals surface area contributed by atoms with Crippen LogP contribution in [0.5, 0.6) is 0 Å². The van der Waals surface area contributed by atoms with Gasteiger partial charge in [-0.15, -0.1) is 11.3 Å². The van der Waals surface area contributed by atoms with Gasteiger partial charge in [0.05, 0.1) is 17.9 Å². The van der Waals surface area contributed by atoms with Crippen LogP contribution in [0.4, 0.5) is 5.69 Å². The Morgan fingerprint density at radius 3 is 2.90 bits per heavy atom. The highest BCUT2D eigenvalue weighted by molar-refractivity contribution is 7.21. The molecule has 3 N–H and O–H groups in total. The third-order valence-corrected chi connectivity index (χ3v) is 3.90. The number of fused-ring (bicyclic) bond motifs is 1. The molecule has 3 aromatic rings. The largest absolute Gasteiger partial charge is 0.397 e. The Hall–Kier alpha value is -2.54. The van der Waals surface area contributed by atoms with Gasteiger partial charge in [0, 0.05) is 17.8 Å². The van der Waals surface area contributed by atoms with Crippen LogP contribution >= 0.6 is 11.3 Å². The molecule has 0 aromatic carbocycles. The van der Waals surface area contributed by atoms with Crippen molar-refractivity contribution in [2.45, 2.75) is 6.54 Å². The molecule has 0 radical (unpaired) electrons. The second-order valence-electron chi connectivity index (χ2n) is 4.10. The second kappa shape index (κ2) is 5.22. The Morgan fingerprint density at radius 1 is 1.30 bits per heavy atom. The molecule has 7 heteroatoms. The van der Waals surface area contributed by atoms with E-state index in [0.717, 1.165) is 10.2 Å². The van der Waals surface area contributed by atoms with Gasteiger partial charge >= 0.3 is 0 Å². The summed E-state index contributed by atoms with van der Waals surface area (Å²) in [5, 5.41) is 11.2. The molecular weight excluding hydrogens is 274 g/mol. The number of nitrogens with zero attached hydrogens (tertiary/aromatic N) is 3. The summed E-state index contributed by atoms with van der Waals surface area (Å²) < 4.78 is 0. The van der Waals surface area contributed by atoms with Crippen LogP contribution in [0.3, 0.4) is 0 Å². The lowest BCUT2D eigenvalue weighted by atomic mass is 10.2. The summed E-state index contributed by atoms with van der Waals surface area (Å²) in [6.45, 7) is 0.313. The molecule has 0 saturated carbocycles. The van der Waals surface area contributed by atoms with Gasteiger partial charge in [-0.2, -0.15) is 10.2 Å². The lowest BCUT2D eigenvalue weighted by molar-refractivity contribution is 0.0955. The van der Waals surface area contributed by atoms with E-state index in [1.807, 2.05) is 6.07 Å². The summed E-state index contributed by atoms with van der Waals surface area (Å²) in [6.07, 6.45) is 3.26. The molecule has 0 aliphatic heterocycles. The number of hydrogen-bond acceptors (Lipinski definition) is 6. The summed E-state index contributed by atoms with van der Waals surface area (Å²) in [5.41, 5.74) is 7.15. The van der Waals surface area contributed by atoms with Gasteiger partial charge in [-0.1, -0.05) is 0 Å². The molecule has 0 aliphatic carbocycles. The summed E-state index contributed by atoms with van der Waals surface area (Å²) in [5.74, 6) is -0.226. The average Bonchev–Trinajstić information content (AvgIpc) is 2.84. The Bertz CT molecular complexity index is 756. The summed E-state index contributed by atoms with van der Waals surface area (Å²) in [7, 11) is 0. The number of pyridine rings is 1. The molecule has 3 aromatic heterocycles. The van der Waals surface area contributed by atoms with Gasteiger partial charge in [-0.25, -0.2) is 4.98 Å². The van der Waals surface area contributed by atoms with Crippen LogP contribution < -0.4 is 11.1 Å². The van der Waals surface area contributed by atoms with Crippen LogP contribution in [0.25, 0.3) is 10.2 Å². The number of hydrogen-bond donors (Lipinski definition) is 2. The van der Waals surface area contributed by atoms with E-state index >= 15 is 0 Å². The van der Waals surface area contributed by atoms with Crippen molar-refractivity contribution < 1.29 is 4.79 Å². The zero-order valence-corrected chi connectivity index (χ0v) is 11.2. The van der Waals surface area contributed by atoms with Crippen molar-refractivity contribution in [1.29, 1.82) is 0 Å². The average molecular weight is 285 g/mol. The van der Waals surface area contributed by atoms with E-state index < -0.39 is 0 Å². The number of carbonyl (C=O) groups excluding carboxylic acids is 1. The topological polar surface area (TPSA) is 93.8 Å². The number of aromatic nitrogens is 3. The Labute approximate surface area is 118 Å². The molecule has 0 bridgehead atoms. The predicted octanol–water partition coefficient (Wildman–Crippen LogP) is 1.60. The van der Waals surface area contributed by atoms with Crippen LogP contribution in [0.2, 0.25) is 0 Å². The molecule has 100 valence electrons. The number of anilines is 1. The van der Waals surface area contributed by atoms with Gasteiger partial charge in [0.2, 0.25) is 0 Å². The molecule has 20 heavy (non-hydrogen) atoms. The van der Waals surface area contributed by atoms with Gasteiger partial charge in [0.25, 0.3) is 5.91 Å². The number of nitrogens with two attached hydrogens (primary N) is 1. The Kier molecular flexibility index (Phi) is 3.26. The quantitative estimate of drug-likeness (QED) is 0.762. The predicted molar refractivity (Wildman–Crippen MR) is 77.2 cm³/mol. The molecule has 0 unspecified atom stereocenters. The smallest absolute Gasteiger partial charge is 0.263 e. The number of nitrogens with one attached hydrogen (secondary N) is 1. The van der Waals surface area contributed by atoms with Crippen LogP contribution in [0.1, 0.15) is 15.4 Å². The minimum Gasteiger partial charge on any atom is -0.397 e. The first-order valence-electron chi connectivity index (χ1n) is 5.93. The lowest BCUT2D eigenvalue weighted by Crippen LogP contribution is -2.23. The standard InChI is InChI=1S/C13H11N5OS/c14-10-9-4-2-5-15-13(9)20-11(10)12(19)16-7-8-3-1-6-17-18-8/h1-6H,7,14H2,(H,16,19). The Balaban J connectivity index is 1.81. The SMILES string of the molecule is Nc1c(C(=O)NCc2cccnn2)sc2ncccc12. The second-order valence-corrected chi connectivity index (χ2v) is 5.10. The van der Waals surface area contributed by atoms with Gasteiger partial charge in [0.1, 0.15) is 9.71 Å². The molecule has 0 aliphatic rings. The van der Waals surface area contributed by atoms with Gasteiger partial charge < -0.3 is 11.1 Å². The molecule has 0 fully saturated rings. The van der Waals surface area contributed by atoms with Crippen molar-refractivity contribution in [2.24, 2.45) is 0 Å². The maximum Gasteiger partial charge on any atom is 0.263 e. The first kappa shape index (κ1) is 12.5. The zero-order valence-electron chi connectivity index (χ0n) is 10.4. The molecule has 0 atom stereocenters. The van der Waals surface area contributed by atoms with E-state index in [1.165, 1.54) is 11.3 Å². The van der Waals surface area contributed by atoms with Crippen LogP contribution in [-0.4, -0.2) is 21.1 Å². The molecule has 3 rings (SSSR count). The van der Waals surface area contributed by atoms with Gasteiger partial charge in [-0.05, 0) is 24.3 Å². The molecule has 0 spiro atoms. The number of thiophene rings is 1. The molecule has 6 nitrogen and oxygen atoms in total. The fourth-order valence-electron chi connectivity index (χ4n) is 1.80. The fraction of sp³-hybridized carbons (Fsp3) is 0.0769. The fourth-order valence-corrected chi connectivity index (χ4v) is 2.78. The van der Waals surface area contributed by atoms with Crippen LogP contribution in [-0.2, 0) is 6.54 Å². The number of amides is 1. The summed E-state index contributed by atoms with van der Waals surface area (Å²) in [6, 6.07) is 7.22. The molecule has 1 amide bonds. The summed E-state index contributed by atoms with van der Waals surface area (Å²) >= 11 is 1.28. The van der Waals surface area contributed by atoms with Crippen molar-refractivity contribution in [3.05, 3.63) is 47.2 Å². The number of nitrogen functional groups attached to an aromatic ring is 1. The normalized spacial score (nSPS) is 10.6. The zero-order chi connectivity index (χ0) is 13.9. The minimum atomic E-state index is -0.226. The van der Waals surface area contributed by atoms with Crippen molar-refractivity contribution in [2.75, 3.05) is 5.73 Å². The van der Waals surface area contributed by atoms with Crippen molar-refractivity contribution in [1.82, 2.24) is 20.5 Å². The monoisotopic (exact) mass is 285 g/mol. The van der Waals surface area contributed by atoms with E-state index in [1.54, 1.807) is 30.6 Å². The maximum atomic E-state index is 12.2. The maximum absolute atomic E-state index is 12.2. The van der Waals surface area contributed by atoms with Crippen LogP contribution in [0, 0.1) is 0 Å². The third-order valence-electron chi connectivity index (χ3n) is 2.77. The first-order valence-corrected chi connectivity index (χ1v) is 6.75. The highest BCUT2D eigenvalue weighted by Crippen LogP contribution is 2.31. The van der Waals surface area contributed by atoms with E-state index in [-0.39, 0.29) is 5.91 Å². The van der Waals surface area contributed by atoms with Crippen molar-refractivity contribution in [3.63, 3.8) is 0 Å². The van der Waals surface area contributed by atoms with E-state index in [2.05, 4.69) is 20.5 Å². The van der Waals surface area contributed by atoms with Gasteiger partial charge in [-0.3, -0.25) is 4.79 Å². The first-order chi connectivity index (χ1) is 9.75. The number of rotatable bonds is 3. The van der Waals surface area contributed by atoms with E-state index in [4.69, 9.17) is 5.73 Å². The van der Waals surface area contributed by atoms with Crippen molar-refractivity contribution >= 4 is 33.1 Å².